The fourth-order valence-corrected chi connectivity index (χ4v) is 2.93. The molecule has 0 spiro atoms. The first-order valence-corrected chi connectivity index (χ1v) is 9.42. The Labute approximate surface area is 155 Å². The molecule has 6 nitrogen and oxygen atoms in total. The Kier molecular flexibility index (Phi) is 6.89. The molecule has 0 unspecified atom stereocenters. The number of rotatable bonds is 8. The second kappa shape index (κ2) is 8.92. The number of hydrogen-bond acceptors (Lipinski definition) is 4. The first kappa shape index (κ1) is 20.1. The van der Waals surface area contributed by atoms with Gasteiger partial charge in [0.1, 0.15) is 0 Å². The number of hydrogen-bond donors (Lipinski definition) is 0. The zero-order valence-corrected chi connectivity index (χ0v) is 16.0. The van der Waals surface area contributed by atoms with E-state index in [9.17, 15) is 14.4 Å². The summed E-state index contributed by atoms with van der Waals surface area (Å²) >= 11 is 0. The number of nitrogens with zero attached hydrogens (tertiary/aromatic N) is 3. The Morgan fingerprint density at radius 1 is 1.15 bits per heavy atom. The maximum absolute atomic E-state index is 12.6. The van der Waals surface area contributed by atoms with Crippen molar-refractivity contribution >= 4 is 17.6 Å². The van der Waals surface area contributed by atoms with E-state index in [0.717, 1.165) is 24.8 Å². The van der Waals surface area contributed by atoms with Crippen LogP contribution < -0.4 is 0 Å². The third-order valence-corrected chi connectivity index (χ3v) is 5.08. The molecule has 0 aliphatic carbocycles. The molecule has 2 rings (SSSR count). The van der Waals surface area contributed by atoms with Crippen LogP contribution in [0.25, 0.3) is 0 Å². The van der Waals surface area contributed by atoms with Crippen LogP contribution in [0.4, 0.5) is 0 Å². The van der Waals surface area contributed by atoms with Crippen molar-refractivity contribution in [3.8, 4) is 0 Å². The van der Waals surface area contributed by atoms with Gasteiger partial charge in [-0.05, 0) is 43.7 Å². The quantitative estimate of drug-likeness (QED) is 0.529. The number of carbonyl (C=O) groups excluding carboxylic acids is 3. The van der Waals surface area contributed by atoms with Crippen LogP contribution in [-0.4, -0.2) is 45.7 Å². The van der Waals surface area contributed by atoms with Crippen LogP contribution in [0.2, 0.25) is 0 Å². The summed E-state index contributed by atoms with van der Waals surface area (Å²) < 4.78 is 0. The van der Waals surface area contributed by atoms with Gasteiger partial charge < -0.3 is 0 Å². The summed E-state index contributed by atoms with van der Waals surface area (Å²) in [5.74, 6) is -1.06. The lowest BCUT2D eigenvalue weighted by atomic mass is 9.85. The van der Waals surface area contributed by atoms with E-state index in [-0.39, 0.29) is 5.91 Å². The molecule has 1 saturated heterocycles. The lowest BCUT2D eigenvalue weighted by Gasteiger charge is -2.30. The summed E-state index contributed by atoms with van der Waals surface area (Å²) in [5.41, 5.74) is 0.461. The van der Waals surface area contributed by atoms with Crippen molar-refractivity contribution in [2.45, 2.75) is 59.3 Å². The van der Waals surface area contributed by atoms with Crippen molar-refractivity contribution in [2.75, 3.05) is 13.1 Å². The number of pyridine rings is 1. The molecule has 142 valence electrons. The van der Waals surface area contributed by atoms with Crippen molar-refractivity contribution in [3.05, 3.63) is 30.1 Å². The lowest BCUT2D eigenvalue weighted by Crippen LogP contribution is -2.50. The van der Waals surface area contributed by atoms with Gasteiger partial charge in [-0.2, -0.15) is 0 Å². The number of aryl methyl sites for hydroxylation is 1. The molecule has 0 bridgehead atoms. The summed E-state index contributed by atoms with van der Waals surface area (Å²) in [6.45, 7) is 6.38. The summed E-state index contributed by atoms with van der Waals surface area (Å²) in [7, 11) is 0. The highest BCUT2D eigenvalue weighted by atomic mass is 16.2. The van der Waals surface area contributed by atoms with Crippen LogP contribution in [0.15, 0.2) is 24.5 Å². The van der Waals surface area contributed by atoms with Crippen LogP contribution in [-0.2, 0) is 20.8 Å². The molecular formula is C20H29N3O3. The van der Waals surface area contributed by atoms with Crippen LogP contribution in [0.3, 0.4) is 0 Å². The van der Waals surface area contributed by atoms with Gasteiger partial charge >= 0.3 is 5.91 Å². The normalized spacial score (nSPS) is 14.6. The largest absolute Gasteiger partial charge is 0.309 e. The minimum Gasteiger partial charge on any atom is -0.288 e. The van der Waals surface area contributed by atoms with E-state index in [1.165, 1.54) is 10.0 Å². The number of amides is 2. The fraction of sp³-hybridized carbons (Fsp3) is 0.600. The highest BCUT2D eigenvalue weighted by Crippen LogP contribution is 2.24. The molecule has 6 heteroatoms. The molecule has 2 amide bonds. The van der Waals surface area contributed by atoms with Crippen molar-refractivity contribution < 1.29 is 14.4 Å². The van der Waals surface area contributed by atoms with Crippen LogP contribution in [0.5, 0.6) is 0 Å². The fourth-order valence-electron chi connectivity index (χ4n) is 2.93. The highest BCUT2D eigenvalue weighted by molar-refractivity contribution is 6.38. The number of hydrazine groups is 1. The van der Waals surface area contributed by atoms with Gasteiger partial charge in [-0.25, -0.2) is 5.01 Å². The van der Waals surface area contributed by atoms with Gasteiger partial charge in [0, 0.05) is 37.3 Å². The van der Waals surface area contributed by atoms with E-state index in [4.69, 9.17) is 0 Å². The van der Waals surface area contributed by atoms with E-state index in [0.29, 0.717) is 32.4 Å². The predicted molar refractivity (Wildman–Crippen MR) is 98.9 cm³/mol. The molecular weight excluding hydrogens is 330 g/mol. The summed E-state index contributed by atoms with van der Waals surface area (Å²) in [6.07, 6.45) is 7.79. The Morgan fingerprint density at radius 3 is 2.54 bits per heavy atom. The molecule has 2 heterocycles. The molecule has 0 radical (unpaired) electrons. The number of unbranched alkanes of at least 4 members (excludes halogenated alkanes) is 1. The smallest absolute Gasteiger partial charge is 0.288 e. The van der Waals surface area contributed by atoms with Crippen molar-refractivity contribution in [3.63, 3.8) is 0 Å². The predicted octanol–water partition coefficient (Wildman–Crippen LogP) is 2.78. The highest BCUT2D eigenvalue weighted by Gasteiger charge is 2.39. The van der Waals surface area contributed by atoms with Crippen LogP contribution in [0, 0.1) is 5.41 Å². The monoisotopic (exact) mass is 359 g/mol. The minimum atomic E-state index is -0.696. The van der Waals surface area contributed by atoms with Gasteiger partial charge in [0.2, 0.25) is 11.7 Å². The number of Topliss-reactive ketones (excluding diaryl/α,β-unsaturated/α-hetero) is 1. The SMILES string of the molecule is CCC(C)(C)C(=O)C(=O)N1CCCN1C(=O)CCCCc1cccnc1. The van der Waals surface area contributed by atoms with Gasteiger partial charge in [-0.3, -0.25) is 24.4 Å². The average molecular weight is 359 g/mol. The molecule has 0 saturated carbocycles. The number of carbonyl (C=O) groups is 3. The maximum Gasteiger partial charge on any atom is 0.309 e. The summed E-state index contributed by atoms with van der Waals surface area (Å²) in [4.78, 5) is 41.6. The maximum atomic E-state index is 12.6. The van der Waals surface area contributed by atoms with E-state index < -0.39 is 17.1 Å². The Bertz CT molecular complexity index is 643. The standard InChI is InChI=1S/C20H29N3O3/c1-4-20(2,3)18(25)19(26)23-14-8-13-22(23)17(24)11-6-5-9-16-10-7-12-21-15-16/h7,10,12,15H,4-6,8-9,11,13-14H2,1-3H3. The van der Waals surface area contributed by atoms with Crippen molar-refractivity contribution in [1.29, 1.82) is 0 Å². The van der Waals surface area contributed by atoms with E-state index in [1.807, 2.05) is 25.3 Å². The Balaban J connectivity index is 1.85. The molecule has 0 aromatic carbocycles. The summed E-state index contributed by atoms with van der Waals surface area (Å²) in [5, 5.41) is 2.82. The zero-order valence-electron chi connectivity index (χ0n) is 16.0. The lowest BCUT2D eigenvalue weighted by molar-refractivity contribution is -0.164. The van der Waals surface area contributed by atoms with Crippen molar-refractivity contribution in [2.24, 2.45) is 5.41 Å². The molecule has 0 atom stereocenters. The summed E-state index contributed by atoms with van der Waals surface area (Å²) in [6, 6.07) is 3.93. The number of ketones is 1. The van der Waals surface area contributed by atoms with Crippen LogP contribution >= 0.6 is 0 Å². The first-order valence-electron chi connectivity index (χ1n) is 9.42. The molecule has 1 fully saturated rings. The molecule has 1 aliphatic rings. The van der Waals surface area contributed by atoms with Gasteiger partial charge in [0.05, 0.1) is 0 Å². The molecule has 26 heavy (non-hydrogen) atoms. The van der Waals surface area contributed by atoms with E-state index in [1.54, 1.807) is 20.0 Å². The molecule has 0 N–H and O–H groups in total. The van der Waals surface area contributed by atoms with Gasteiger partial charge in [0.25, 0.3) is 0 Å². The van der Waals surface area contributed by atoms with Gasteiger partial charge in [-0.15, -0.1) is 0 Å². The first-order chi connectivity index (χ1) is 12.4. The van der Waals surface area contributed by atoms with Gasteiger partial charge in [0.15, 0.2) is 0 Å². The average Bonchev–Trinajstić information content (AvgIpc) is 3.14. The van der Waals surface area contributed by atoms with Gasteiger partial charge in [-0.1, -0.05) is 26.8 Å². The third kappa shape index (κ3) is 4.90. The Morgan fingerprint density at radius 2 is 1.88 bits per heavy atom. The Hall–Kier alpha value is -2.24. The molecule has 1 aliphatic heterocycles. The van der Waals surface area contributed by atoms with Crippen molar-refractivity contribution in [1.82, 2.24) is 15.0 Å². The van der Waals surface area contributed by atoms with Crippen LogP contribution in [0.1, 0.15) is 58.4 Å². The molecule has 1 aromatic rings. The second-order valence-electron chi connectivity index (χ2n) is 7.43. The second-order valence-corrected chi connectivity index (χ2v) is 7.43. The molecule has 1 aromatic heterocycles. The number of aromatic nitrogens is 1. The minimum absolute atomic E-state index is 0.0795. The topological polar surface area (TPSA) is 70.6 Å². The van der Waals surface area contributed by atoms with E-state index in [2.05, 4.69) is 4.98 Å². The van der Waals surface area contributed by atoms with E-state index >= 15 is 0 Å². The zero-order chi connectivity index (χ0) is 19.2. The third-order valence-electron chi connectivity index (χ3n) is 5.08.